The van der Waals surface area contributed by atoms with Crippen LogP contribution < -0.4 is 11.3 Å². The lowest BCUT2D eigenvalue weighted by atomic mass is 9.90. The molecule has 1 aromatic carbocycles. The zero-order valence-electron chi connectivity index (χ0n) is 9.13. The van der Waals surface area contributed by atoms with E-state index in [1.54, 1.807) is 0 Å². The molecule has 0 aliphatic heterocycles. The van der Waals surface area contributed by atoms with Crippen molar-refractivity contribution in [1.29, 1.82) is 0 Å². The van der Waals surface area contributed by atoms with Crippen LogP contribution in [0.5, 0.6) is 0 Å². The molecule has 1 aliphatic carbocycles. The molecule has 2 rings (SSSR count). The number of nitrogens with two attached hydrogens (primary N) is 1. The van der Waals surface area contributed by atoms with Crippen molar-refractivity contribution < 1.29 is 4.79 Å². The molecule has 80 valence electrons. The molecule has 0 atom stereocenters. The zero-order valence-corrected chi connectivity index (χ0v) is 9.13. The topological polar surface area (TPSA) is 55.1 Å². The fraction of sp³-hybridized carbons (Fsp3) is 0.417. The SMILES string of the molecule is Cc1ccc(C2(C(=O)NN)CC2)c(C)c1. The van der Waals surface area contributed by atoms with Gasteiger partial charge in [-0.1, -0.05) is 23.8 Å². The van der Waals surface area contributed by atoms with Crippen LogP contribution in [0, 0.1) is 13.8 Å². The van der Waals surface area contributed by atoms with Crippen LogP contribution in [0.1, 0.15) is 29.5 Å². The Labute approximate surface area is 89.6 Å². The Bertz CT molecular complexity index is 408. The fourth-order valence-electron chi connectivity index (χ4n) is 2.23. The van der Waals surface area contributed by atoms with E-state index in [2.05, 4.69) is 18.4 Å². The molecule has 1 aliphatic rings. The summed E-state index contributed by atoms with van der Waals surface area (Å²) >= 11 is 0. The molecule has 15 heavy (non-hydrogen) atoms. The van der Waals surface area contributed by atoms with Crippen LogP contribution in [0.4, 0.5) is 0 Å². The van der Waals surface area contributed by atoms with Crippen molar-refractivity contribution in [3.05, 3.63) is 34.9 Å². The highest BCUT2D eigenvalue weighted by Gasteiger charge is 2.51. The predicted molar refractivity (Wildman–Crippen MR) is 59.2 cm³/mol. The maximum Gasteiger partial charge on any atom is 0.244 e. The Morgan fingerprint density at radius 3 is 2.53 bits per heavy atom. The second kappa shape index (κ2) is 3.35. The van der Waals surface area contributed by atoms with Gasteiger partial charge >= 0.3 is 0 Å². The van der Waals surface area contributed by atoms with E-state index in [-0.39, 0.29) is 11.3 Å². The molecular weight excluding hydrogens is 188 g/mol. The van der Waals surface area contributed by atoms with Crippen molar-refractivity contribution in [2.24, 2.45) is 5.84 Å². The largest absolute Gasteiger partial charge is 0.293 e. The summed E-state index contributed by atoms with van der Waals surface area (Å²) in [5, 5.41) is 0. The summed E-state index contributed by atoms with van der Waals surface area (Å²) in [6.45, 7) is 4.10. The summed E-state index contributed by atoms with van der Waals surface area (Å²) in [7, 11) is 0. The van der Waals surface area contributed by atoms with Gasteiger partial charge in [0, 0.05) is 0 Å². The molecule has 1 aromatic rings. The molecule has 0 spiro atoms. The number of hydrogen-bond acceptors (Lipinski definition) is 2. The quantitative estimate of drug-likeness (QED) is 0.434. The normalized spacial score (nSPS) is 17.3. The highest BCUT2D eigenvalue weighted by atomic mass is 16.2. The average molecular weight is 204 g/mol. The minimum atomic E-state index is -0.341. The van der Waals surface area contributed by atoms with Crippen molar-refractivity contribution in [3.8, 4) is 0 Å². The van der Waals surface area contributed by atoms with E-state index in [4.69, 9.17) is 5.84 Å². The molecule has 3 heteroatoms. The van der Waals surface area contributed by atoms with Crippen LogP contribution in [0.25, 0.3) is 0 Å². The Balaban J connectivity index is 2.42. The molecule has 0 saturated heterocycles. The predicted octanol–water partition coefficient (Wildman–Crippen LogP) is 1.32. The van der Waals surface area contributed by atoms with Gasteiger partial charge < -0.3 is 0 Å². The summed E-state index contributed by atoms with van der Waals surface area (Å²) in [6.07, 6.45) is 1.81. The number of carbonyl (C=O) groups is 1. The molecule has 0 heterocycles. The van der Waals surface area contributed by atoms with Crippen molar-refractivity contribution in [1.82, 2.24) is 5.43 Å². The first-order valence-corrected chi connectivity index (χ1v) is 5.19. The minimum Gasteiger partial charge on any atom is -0.293 e. The second-order valence-electron chi connectivity index (χ2n) is 4.37. The summed E-state index contributed by atoms with van der Waals surface area (Å²) < 4.78 is 0. The van der Waals surface area contributed by atoms with E-state index in [1.807, 2.05) is 19.1 Å². The maximum absolute atomic E-state index is 11.7. The van der Waals surface area contributed by atoms with Crippen LogP contribution in [-0.4, -0.2) is 5.91 Å². The van der Waals surface area contributed by atoms with Crippen LogP contribution in [0.2, 0.25) is 0 Å². The first kappa shape index (κ1) is 10.2. The number of amides is 1. The Morgan fingerprint density at radius 2 is 2.07 bits per heavy atom. The lowest BCUT2D eigenvalue weighted by molar-refractivity contribution is -0.123. The number of rotatable bonds is 2. The number of hydrazine groups is 1. The van der Waals surface area contributed by atoms with Crippen molar-refractivity contribution in [3.63, 3.8) is 0 Å². The first-order chi connectivity index (χ1) is 7.10. The molecular formula is C12H16N2O. The van der Waals surface area contributed by atoms with Crippen molar-refractivity contribution in [2.45, 2.75) is 32.1 Å². The average Bonchev–Trinajstić information content (AvgIpc) is 2.97. The van der Waals surface area contributed by atoms with Crippen LogP contribution in [-0.2, 0) is 10.2 Å². The van der Waals surface area contributed by atoms with E-state index in [0.717, 1.165) is 18.4 Å². The number of hydrogen-bond donors (Lipinski definition) is 2. The summed E-state index contributed by atoms with van der Waals surface area (Å²) in [5.41, 5.74) is 5.45. The van der Waals surface area contributed by atoms with Crippen molar-refractivity contribution >= 4 is 5.91 Å². The van der Waals surface area contributed by atoms with Gasteiger partial charge in [-0.3, -0.25) is 10.2 Å². The Hall–Kier alpha value is -1.35. The van der Waals surface area contributed by atoms with Gasteiger partial charge in [0.1, 0.15) is 0 Å². The van der Waals surface area contributed by atoms with Crippen LogP contribution in [0.15, 0.2) is 18.2 Å². The molecule has 0 bridgehead atoms. The molecule has 3 N–H and O–H groups in total. The third-order valence-corrected chi connectivity index (χ3v) is 3.21. The van der Waals surface area contributed by atoms with Gasteiger partial charge in [-0.2, -0.15) is 0 Å². The third kappa shape index (κ3) is 1.53. The highest BCUT2D eigenvalue weighted by molar-refractivity contribution is 5.91. The van der Waals surface area contributed by atoms with Gasteiger partial charge in [0.15, 0.2) is 0 Å². The van der Waals surface area contributed by atoms with E-state index in [1.165, 1.54) is 11.1 Å². The number of carbonyl (C=O) groups excluding carboxylic acids is 1. The standard InChI is InChI=1S/C12H16N2O/c1-8-3-4-10(9(2)7-8)12(5-6-12)11(15)14-13/h3-4,7H,5-6,13H2,1-2H3,(H,14,15). The second-order valence-corrected chi connectivity index (χ2v) is 4.37. The van der Waals surface area contributed by atoms with Crippen LogP contribution >= 0.6 is 0 Å². The van der Waals surface area contributed by atoms with Gasteiger partial charge in [-0.25, -0.2) is 5.84 Å². The summed E-state index contributed by atoms with van der Waals surface area (Å²) in [4.78, 5) is 11.7. The number of aryl methyl sites for hydroxylation is 2. The summed E-state index contributed by atoms with van der Waals surface area (Å²) in [6, 6.07) is 6.21. The van der Waals surface area contributed by atoms with E-state index in [9.17, 15) is 4.79 Å². The monoisotopic (exact) mass is 204 g/mol. The van der Waals surface area contributed by atoms with E-state index < -0.39 is 0 Å². The van der Waals surface area contributed by atoms with Gasteiger partial charge in [-0.05, 0) is 37.8 Å². The van der Waals surface area contributed by atoms with Gasteiger partial charge in [0.05, 0.1) is 5.41 Å². The number of benzene rings is 1. The zero-order chi connectivity index (χ0) is 11.1. The fourth-order valence-corrected chi connectivity index (χ4v) is 2.23. The molecule has 0 aromatic heterocycles. The van der Waals surface area contributed by atoms with Gasteiger partial charge in [0.25, 0.3) is 0 Å². The summed E-state index contributed by atoms with van der Waals surface area (Å²) in [5.74, 6) is 5.16. The Morgan fingerprint density at radius 1 is 1.40 bits per heavy atom. The smallest absolute Gasteiger partial charge is 0.244 e. The van der Waals surface area contributed by atoms with Crippen molar-refractivity contribution in [2.75, 3.05) is 0 Å². The first-order valence-electron chi connectivity index (χ1n) is 5.19. The van der Waals surface area contributed by atoms with Crippen LogP contribution in [0.3, 0.4) is 0 Å². The lowest BCUT2D eigenvalue weighted by Gasteiger charge is -2.16. The van der Waals surface area contributed by atoms with Gasteiger partial charge in [0.2, 0.25) is 5.91 Å². The Kier molecular flexibility index (Phi) is 2.27. The molecule has 0 radical (unpaired) electrons. The van der Waals surface area contributed by atoms with E-state index >= 15 is 0 Å². The molecule has 3 nitrogen and oxygen atoms in total. The van der Waals surface area contributed by atoms with E-state index in [0.29, 0.717) is 0 Å². The maximum atomic E-state index is 11.7. The molecule has 0 unspecified atom stereocenters. The van der Waals surface area contributed by atoms with Gasteiger partial charge in [-0.15, -0.1) is 0 Å². The third-order valence-electron chi connectivity index (χ3n) is 3.21. The minimum absolute atomic E-state index is 0.0607. The molecule has 1 fully saturated rings. The molecule has 1 saturated carbocycles. The number of nitrogens with one attached hydrogen (secondary N) is 1. The lowest BCUT2D eigenvalue weighted by Crippen LogP contribution is -2.39. The highest BCUT2D eigenvalue weighted by Crippen LogP contribution is 2.49. The molecule has 1 amide bonds.